The molecule has 0 aliphatic rings. The summed E-state index contributed by atoms with van der Waals surface area (Å²) < 4.78 is 0. The van der Waals surface area contributed by atoms with Gasteiger partial charge in [0.25, 0.3) is 0 Å². The Morgan fingerprint density at radius 1 is 1.78 bits per heavy atom. The van der Waals surface area contributed by atoms with E-state index in [1.54, 1.807) is 11.3 Å². The van der Waals surface area contributed by atoms with Gasteiger partial charge < -0.3 is 0 Å². The average molecular weight is 140 g/mol. The molecule has 1 radical (unpaired) electrons. The van der Waals surface area contributed by atoms with Gasteiger partial charge in [-0.3, -0.25) is 0 Å². The van der Waals surface area contributed by atoms with Crippen LogP contribution in [0.2, 0.25) is 0 Å². The molecule has 0 bridgehead atoms. The fraction of sp³-hybridized carbons (Fsp3) is 0.571. The minimum absolute atomic E-state index is 0.709. The number of aromatic nitrogens is 1. The van der Waals surface area contributed by atoms with Crippen LogP contribution in [0.4, 0.5) is 0 Å². The number of hydrogen-bond acceptors (Lipinski definition) is 2. The summed E-state index contributed by atoms with van der Waals surface area (Å²) in [7, 11) is 0. The molecule has 0 aromatic carbocycles. The van der Waals surface area contributed by atoms with Gasteiger partial charge in [0.05, 0.1) is 5.69 Å². The van der Waals surface area contributed by atoms with Gasteiger partial charge in [-0.1, -0.05) is 13.8 Å². The van der Waals surface area contributed by atoms with Crippen LogP contribution in [0.5, 0.6) is 0 Å². The molecule has 0 atom stereocenters. The van der Waals surface area contributed by atoms with Gasteiger partial charge in [0.1, 0.15) is 0 Å². The summed E-state index contributed by atoms with van der Waals surface area (Å²) in [5, 5.41) is 2.06. The molecule has 0 saturated heterocycles. The van der Waals surface area contributed by atoms with Crippen LogP contribution in [0.15, 0.2) is 5.38 Å². The Balaban J connectivity index is 2.48. The standard InChI is InChI=1S/C7H10NS/c1-6(2)3-7-4-9-5-8-7/h4,6H,3H2,1-2H3. The number of rotatable bonds is 2. The zero-order valence-electron chi connectivity index (χ0n) is 5.72. The highest BCUT2D eigenvalue weighted by Gasteiger charge is 1.97. The van der Waals surface area contributed by atoms with Crippen LogP contribution in [-0.4, -0.2) is 4.98 Å². The predicted molar refractivity (Wildman–Crippen MR) is 39.5 cm³/mol. The molecule has 0 unspecified atom stereocenters. The SMILES string of the molecule is CC(C)Cc1cs[c]n1. The van der Waals surface area contributed by atoms with Crippen molar-refractivity contribution in [3.05, 3.63) is 16.6 Å². The van der Waals surface area contributed by atoms with Crippen molar-refractivity contribution in [1.82, 2.24) is 4.98 Å². The first-order valence-electron chi connectivity index (χ1n) is 3.09. The molecule has 1 heterocycles. The zero-order chi connectivity index (χ0) is 6.69. The second-order valence-electron chi connectivity index (χ2n) is 2.53. The van der Waals surface area contributed by atoms with E-state index in [9.17, 15) is 0 Å². The molecule has 0 aliphatic heterocycles. The highest BCUT2D eigenvalue weighted by atomic mass is 32.1. The molecule has 0 N–H and O–H groups in total. The largest absolute Gasteiger partial charge is 0.239 e. The molecule has 1 aromatic rings. The molecule has 0 saturated carbocycles. The van der Waals surface area contributed by atoms with Gasteiger partial charge in [-0.25, -0.2) is 4.98 Å². The lowest BCUT2D eigenvalue weighted by Crippen LogP contribution is -1.92. The van der Waals surface area contributed by atoms with E-state index in [1.165, 1.54) is 5.69 Å². The molecule has 2 heteroatoms. The monoisotopic (exact) mass is 140 g/mol. The highest BCUT2D eigenvalue weighted by Crippen LogP contribution is 2.06. The average Bonchev–Trinajstić information content (AvgIpc) is 2.15. The van der Waals surface area contributed by atoms with Crippen LogP contribution < -0.4 is 0 Å². The van der Waals surface area contributed by atoms with Crippen molar-refractivity contribution >= 4 is 11.3 Å². The summed E-state index contributed by atoms with van der Waals surface area (Å²) in [5.74, 6) is 0.709. The van der Waals surface area contributed by atoms with Crippen molar-refractivity contribution < 1.29 is 0 Å². The highest BCUT2D eigenvalue weighted by molar-refractivity contribution is 7.07. The van der Waals surface area contributed by atoms with E-state index in [1.807, 2.05) is 0 Å². The molecule has 1 aromatic heterocycles. The van der Waals surface area contributed by atoms with Gasteiger partial charge >= 0.3 is 0 Å². The third-order valence-corrected chi connectivity index (χ3v) is 1.64. The van der Waals surface area contributed by atoms with Crippen molar-refractivity contribution in [3.8, 4) is 0 Å². The molecule has 0 fully saturated rings. The summed E-state index contributed by atoms with van der Waals surface area (Å²) >= 11 is 1.55. The Kier molecular flexibility index (Phi) is 2.22. The second kappa shape index (κ2) is 2.97. The van der Waals surface area contributed by atoms with Gasteiger partial charge in [0.15, 0.2) is 5.51 Å². The minimum atomic E-state index is 0.709. The molecular formula is C7H10NS. The van der Waals surface area contributed by atoms with Crippen LogP contribution in [0, 0.1) is 11.4 Å². The summed E-state index contributed by atoms with van der Waals surface area (Å²) in [4.78, 5) is 4.05. The second-order valence-corrected chi connectivity index (χ2v) is 3.18. The van der Waals surface area contributed by atoms with E-state index < -0.39 is 0 Å². The summed E-state index contributed by atoms with van der Waals surface area (Å²) in [6, 6.07) is 0. The molecule has 9 heavy (non-hydrogen) atoms. The van der Waals surface area contributed by atoms with Crippen molar-refractivity contribution in [2.24, 2.45) is 5.92 Å². The van der Waals surface area contributed by atoms with Crippen molar-refractivity contribution in [3.63, 3.8) is 0 Å². The smallest absolute Gasteiger partial charge is 0.152 e. The van der Waals surface area contributed by atoms with Crippen LogP contribution in [-0.2, 0) is 6.42 Å². The lowest BCUT2D eigenvalue weighted by Gasteiger charge is -1.97. The van der Waals surface area contributed by atoms with Crippen LogP contribution in [0.1, 0.15) is 19.5 Å². The molecule has 1 nitrogen and oxygen atoms in total. The van der Waals surface area contributed by atoms with E-state index in [0.29, 0.717) is 5.92 Å². The maximum absolute atomic E-state index is 4.05. The van der Waals surface area contributed by atoms with Gasteiger partial charge in [0.2, 0.25) is 0 Å². The van der Waals surface area contributed by atoms with E-state index in [0.717, 1.165) is 6.42 Å². The first-order valence-corrected chi connectivity index (χ1v) is 3.97. The predicted octanol–water partition coefficient (Wildman–Crippen LogP) is 2.14. The topological polar surface area (TPSA) is 12.9 Å². The first kappa shape index (κ1) is 6.75. The number of nitrogens with zero attached hydrogens (tertiary/aromatic N) is 1. The third kappa shape index (κ3) is 2.14. The van der Waals surface area contributed by atoms with Gasteiger partial charge in [-0.05, 0) is 12.3 Å². The Hall–Kier alpha value is -0.370. The summed E-state index contributed by atoms with van der Waals surface area (Å²) in [6.45, 7) is 4.39. The minimum Gasteiger partial charge on any atom is -0.239 e. The molecule has 0 spiro atoms. The fourth-order valence-electron chi connectivity index (χ4n) is 0.718. The molecule has 0 amide bonds. The van der Waals surface area contributed by atoms with Gasteiger partial charge in [0, 0.05) is 5.38 Å². The van der Waals surface area contributed by atoms with Crippen molar-refractivity contribution in [1.29, 1.82) is 0 Å². The maximum atomic E-state index is 4.05. The van der Waals surface area contributed by atoms with Crippen LogP contribution >= 0.6 is 11.3 Å². The molecule has 49 valence electrons. The quantitative estimate of drug-likeness (QED) is 0.613. The Bertz CT molecular complexity index is 155. The summed E-state index contributed by atoms with van der Waals surface area (Å²) in [6.07, 6.45) is 1.08. The Morgan fingerprint density at radius 3 is 3.00 bits per heavy atom. The maximum Gasteiger partial charge on any atom is 0.152 e. The Morgan fingerprint density at radius 2 is 2.56 bits per heavy atom. The van der Waals surface area contributed by atoms with Crippen LogP contribution in [0.25, 0.3) is 0 Å². The van der Waals surface area contributed by atoms with Gasteiger partial charge in [-0.2, -0.15) is 0 Å². The zero-order valence-corrected chi connectivity index (χ0v) is 6.53. The third-order valence-electron chi connectivity index (χ3n) is 1.05. The number of thiazole rings is 1. The summed E-state index contributed by atoms with van der Waals surface area (Å²) in [5.41, 5.74) is 4.00. The van der Waals surface area contributed by atoms with Gasteiger partial charge in [-0.15, -0.1) is 11.3 Å². The first-order chi connectivity index (χ1) is 4.29. The lowest BCUT2D eigenvalue weighted by atomic mass is 10.1. The fourth-order valence-corrected chi connectivity index (χ4v) is 1.23. The van der Waals surface area contributed by atoms with Crippen molar-refractivity contribution in [2.45, 2.75) is 20.3 Å². The molecular weight excluding hydrogens is 130 g/mol. The molecule has 1 rings (SSSR count). The number of hydrogen-bond donors (Lipinski definition) is 0. The van der Waals surface area contributed by atoms with Crippen molar-refractivity contribution in [2.75, 3.05) is 0 Å². The van der Waals surface area contributed by atoms with Crippen LogP contribution in [0.3, 0.4) is 0 Å². The molecule has 0 aliphatic carbocycles. The lowest BCUT2D eigenvalue weighted by molar-refractivity contribution is 0.638. The van der Waals surface area contributed by atoms with E-state index in [2.05, 4.69) is 29.7 Å². The van der Waals surface area contributed by atoms with E-state index >= 15 is 0 Å². The normalized spacial score (nSPS) is 10.6. The Labute approximate surface area is 59.8 Å². The van der Waals surface area contributed by atoms with E-state index in [-0.39, 0.29) is 0 Å². The van der Waals surface area contributed by atoms with E-state index in [4.69, 9.17) is 0 Å².